The van der Waals surface area contributed by atoms with Gasteiger partial charge in [-0.2, -0.15) is 0 Å². The number of anilines is 3. The number of nitrogens with zero attached hydrogens (tertiary/aromatic N) is 2. The maximum atomic E-state index is 12.0. The summed E-state index contributed by atoms with van der Waals surface area (Å²) in [5, 5.41) is 14.0. The van der Waals surface area contributed by atoms with Gasteiger partial charge in [0.1, 0.15) is 0 Å². The van der Waals surface area contributed by atoms with Crippen LogP contribution >= 0.6 is 11.6 Å². The molecule has 1 saturated carbocycles. The number of nitrogens with one attached hydrogen (secondary N) is 1. The molecule has 0 spiro atoms. The number of hydrogen-bond donors (Lipinski definition) is 2. The lowest BCUT2D eigenvalue weighted by molar-refractivity contribution is -0.147. The molecule has 0 amide bonds. The van der Waals surface area contributed by atoms with Gasteiger partial charge in [0.05, 0.1) is 11.1 Å². The van der Waals surface area contributed by atoms with Crippen molar-refractivity contribution in [2.24, 2.45) is 11.8 Å². The van der Waals surface area contributed by atoms with E-state index in [9.17, 15) is 9.90 Å². The molecule has 0 aliphatic heterocycles. The monoisotopic (exact) mass is 429 g/mol. The molecule has 5 nitrogen and oxygen atoms in total. The number of hydrogen-bond acceptors (Lipinski definition) is 4. The predicted molar refractivity (Wildman–Crippen MR) is 124 cm³/mol. The van der Waals surface area contributed by atoms with E-state index in [2.05, 4.69) is 37.9 Å². The topological polar surface area (TPSA) is 65.5 Å². The third kappa shape index (κ3) is 4.89. The van der Waals surface area contributed by atoms with Gasteiger partial charge in [-0.25, -0.2) is 4.98 Å². The highest BCUT2D eigenvalue weighted by molar-refractivity contribution is 6.30. The number of aromatic nitrogens is 1. The molecule has 30 heavy (non-hydrogen) atoms. The second kappa shape index (κ2) is 9.25. The van der Waals surface area contributed by atoms with Gasteiger partial charge in [0.2, 0.25) is 0 Å². The Balaban J connectivity index is 2.05. The maximum absolute atomic E-state index is 12.0. The number of carbonyl (C=O) groups is 1. The van der Waals surface area contributed by atoms with Gasteiger partial charge in [-0.3, -0.25) is 4.79 Å². The van der Waals surface area contributed by atoms with Crippen molar-refractivity contribution in [3.63, 3.8) is 0 Å². The van der Waals surface area contributed by atoms with Crippen LogP contribution in [0.25, 0.3) is 0 Å². The van der Waals surface area contributed by atoms with Gasteiger partial charge in [-0.1, -0.05) is 45.7 Å². The van der Waals surface area contributed by atoms with Crippen molar-refractivity contribution in [3.05, 3.63) is 47.1 Å². The van der Waals surface area contributed by atoms with Crippen molar-refractivity contribution in [3.8, 4) is 0 Å². The van der Waals surface area contributed by atoms with Crippen molar-refractivity contribution in [2.45, 2.75) is 52.4 Å². The highest BCUT2D eigenvalue weighted by Gasteiger charge is 2.46. The number of carboxylic acid groups (broad SMARTS) is 1. The Morgan fingerprint density at radius 1 is 1.17 bits per heavy atom. The average Bonchev–Trinajstić information content (AvgIpc) is 2.61. The third-order valence-corrected chi connectivity index (χ3v) is 5.88. The van der Waals surface area contributed by atoms with Gasteiger partial charge >= 0.3 is 5.97 Å². The molecule has 0 bridgehead atoms. The Bertz CT molecular complexity index is 867. The molecule has 1 fully saturated rings. The van der Waals surface area contributed by atoms with Gasteiger partial charge in [-0.05, 0) is 60.6 Å². The van der Waals surface area contributed by atoms with E-state index in [0.29, 0.717) is 29.7 Å². The molecular formula is C24H32ClN3O2. The average molecular weight is 430 g/mol. The van der Waals surface area contributed by atoms with Crippen molar-refractivity contribution < 1.29 is 9.90 Å². The number of rotatable bonds is 9. The molecule has 1 aliphatic carbocycles. The smallest absolute Gasteiger partial charge is 0.314 e. The van der Waals surface area contributed by atoms with Gasteiger partial charge < -0.3 is 15.3 Å². The normalized spacial score (nSPS) is 15.2. The lowest BCUT2D eigenvalue weighted by atomic mass is 9.65. The van der Waals surface area contributed by atoms with Crippen LogP contribution in [-0.4, -0.2) is 29.1 Å². The van der Waals surface area contributed by atoms with Crippen LogP contribution in [0.15, 0.2) is 36.5 Å². The minimum absolute atomic E-state index is 0.477. The summed E-state index contributed by atoms with van der Waals surface area (Å²) < 4.78 is 0. The fourth-order valence-electron chi connectivity index (χ4n) is 4.04. The summed E-state index contributed by atoms with van der Waals surface area (Å²) >= 11 is 6.04. The van der Waals surface area contributed by atoms with E-state index in [4.69, 9.17) is 16.6 Å². The summed E-state index contributed by atoms with van der Waals surface area (Å²) in [7, 11) is 0. The molecule has 2 N–H and O–H groups in total. The SMILES string of the molecule is CC(C)CN(CC(C)C)c1ncc(C2(C(=O)O)CCC2)cc1Nc1ccc(Cl)cc1. The van der Waals surface area contributed by atoms with Crippen LogP contribution in [0.3, 0.4) is 0 Å². The first-order valence-electron chi connectivity index (χ1n) is 10.7. The van der Waals surface area contributed by atoms with Gasteiger partial charge in [0.25, 0.3) is 0 Å². The molecular weight excluding hydrogens is 398 g/mol. The van der Waals surface area contributed by atoms with Gasteiger partial charge in [0.15, 0.2) is 5.82 Å². The van der Waals surface area contributed by atoms with Crippen LogP contribution in [0.1, 0.15) is 52.5 Å². The first kappa shape index (κ1) is 22.4. The zero-order chi connectivity index (χ0) is 21.9. The van der Waals surface area contributed by atoms with Crippen LogP contribution in [0.4, 0.5) is 17.2 Å². The second-order valence-corrected chi connectivity index (χ2v) is 9.60. The quantitative estimate of drug-likeness (QED) is 0.503. The lowest BCUT2D eigenvalue weighted by Crippen LogP contribution is -2.42. The number of carboxylic acids is 1. The first-order valence-corrected chi connectivity index (χ1v) is 11.1. The Morgan fingerprint density at radius 2 is 1.77 bits per heavy atom. The minimum atomic E-state index is -0.817. The summed E-state index contributed by atoms with van der Waals surface area (Å²) in [6, 6.07) is 9.50. The molecule has 1 aromatic carbocycles. The number of aliphatic carboxylic acids is 1. The Morgan fingerprint density at radius 3 is 2.23 bits per heavy atom. The molecule has 162 valence electrons. The van der Waals surface area contributed by atoms with Crippen LogP contribution < -0.4 is 10.2 Å². The van der Waals surface area contributed by atoms with Crippen molar-refractivity contribution in [1.82, 2.24) is 4.98 Å². The standard InChI is InChI=1S/C24H32ClN3O2/c1-16(2)14-28(15-17(3)4)22-21(27-20-8-6-19(25)7-9-20)12-18(13-26-22)24(23(29)30)10-5-11-24/h6-9,12-13,16-17,27H,5,10-11,14-15H2,1-4H3,(H,29,30). The molecule has 0 unspecified atom stereocenters. The van der Waals surface area contributed by atoms with Crippen LogP contribution in [0.5, 0.6) is 0 Å². The summed E-state index contributed by atoms with van der Waals surface area (Å²) in [5.41, 5.74) is 1.69. The predicted octanol–water partition coefficient (Wildman–Crippen LogP) is 6.10. The zero-order valence-corrected chi connectivity index (χ0v) is 19.0. The summed E-state index contributed by atoms with van der Waals surface area (Å²) in [6.07, 6.45) is 4.01. The summed E-state index contributed by atoms with van der Waals surface area (Å²) in [6.45, 7) is 10.5. The van der Waals surface area contributed by atoms with Crippen molar-refractivity contribution in [1.29, 1.82) is 0 Å². The molecule has 1 heterocycles. The fraction of sp³-hybridized carbons (Fsp3) is 0.500. The van der Waals surface area contributed by atoms with Crippen molar-refractivity contribution >= 4 is 34.8 Å². The van der Waals surface area contributed by atoms with Gasteiger partial charge in [0, 0.05) is 30.0 Å². The van der Waals surface area contributed by atoms with E-state index in [-0.39, 0.29) is 0 Å². The number of benzene rings is 1. The summed E-state index contributed by atoms with van der Waals surface area (Å²) in [4.78, 5) is 19.1. The van der Waals surface area contributed by atoms with Crippen LogP contribution in [0, 0.1) is 11.8 Å². The molecule has 0 radical (unpaired) electrons. The molecule has 3 rings (SSSR count). The zero-order valence-electron chi connectivity index (χ0n) is 18.3. The van der Waals surface area contributed by atoms with Crippen LogP contribution in [-0.2, 0) is 10.2 Å². The maximum Gasteiger partial charge on any atom is 0.314 e. The largest absolute Gasteiger partial charge is 0.481 e. The molecule has 2 aromatic rings. The van der Waals surface area contributed by atoms with E-state index in [1.54, 1.807) is 6.20 Å². The Hall–Kier alpha value is -2.27. The molecule has 0 atom stereocenters. The number of pyridine rings is 1. The van der Waals surface area contributed by atoms with E-state index >= 15 is 0 Å². The fourth-order valence-corrected chi connectivity index (χ4v) is 4.16. The minimum Gasteiger partial charge on any atom is -0.481 e. The lowest BCUT2D eigenvalue weighted by Gasteiger charge is -2.38. The van der Waals surface area contributed by atoms with E-state index in [0.717, 1.165) is 42.3 Å². The van der Waals surface area contributed by atoms with Crippen molar-refractivity contribution in [2.75, 3.05) is 23.3 Å². The van der Waals surface area contributed by atoms with E-state index in [1.807, 2.05) is 30.3 Å². The summed E-state index contributed by atoms with van der Waals surface area (Å²) in [5.74, 6) is 1.05. The molecule has 1 aliphatic rings. The highest BCUT2D eigenvalue weighted by atomic mass is 35.5. The Kier molecular flexibility index (Phi) is 6.91. The molecule has 1 aromatic heterocycles. The first-order chi connectivity index (χ1) is 14.2. The van der Waals surface area contributed by atoms with Gasteiger partial charge in [-0.15, -0.1) is 0 Å². The Labute approximate surface area is 184 Å². The third-order valence-electron chi connectivity index (χ3n) is 5.63. The molecule has 6 heteroatoms. The number of halogens is 1. The highest BCUT2D eigenvalue weighted by Crippen LogP contribution is 2.45. The molecule has 0 saturated heterocycles. The van der Waals surface area contributed by atoms with Crippen LogP contribution in [0.2, 0.25) is 5.02 Å². The second-order valence-electron chi connectivity index (χ2n) is 9.16. The van der Waals surface area contributed by atoms with E-state index < -0.39 is 11.4 Å². The van der Waals surface area contributed by atoms with E-state index in [1.165, 1.54) is 0 Å².